The lowest BCUT2D eigenvalue weighted by molar-refractivity contribution is -0.151. The van der Waals surface area contributed by atoms with Gasteiger partial charge in [0.05, 0.1) is 42.6 Å². The number of hydrogen-bond donors (Lipinski definition) is 1. The average molecular weight is 1190 g/mol. The number of amides is 2. The summed E-state index contributed by atoms with van der Waals surface area (Å²) >= 11 is 2.20. The zero-order valence-corrected chi connectivity index (χ0v) is 49.1. The number of sulfonamides is 1. The average Bonchev–Trinajstić information content (AvgIpc) is 3.91. The molecule has 24 heteroatoms. The van der Waals surface area contributed by atoms with Crippen LogP contribution in [0.15, 0.2) is 161 Å². The molecule has 1 N–H and O–H groups in total. The minimum absolute atomic E-state index is 0.0392. The Morgan fingerprint density at radius 2 is 1.37 bits per heavy atom. The van der Waals surface area contributed by atoms with E-state index in [2.05, 4.69) is 20.0 Å². The predicted octanol–water partition coefficient (Wildman–Crippen LogP) is 9.09. The fraction of sp³-hybridized carbons (Fsp3) is 0.276. The van der Waals surface area contributed by atoms with Gasteiger partial charge in [0.15, 0.2) is 0 Å². The lowest BCUT2D eigenvalue weighted by Gasteiger charge is -2.36. The number of fused-ring (bicyclic) bond motifs is 1. The van der Waals surface area contributed by atoms with E-state index in [1.165, 1.54) is 34.8 Å². The summed E-state index contributed by atoms with van der Waals surface area (Å²) in [4.78, 5) is 46.7. The summed E-state index contributed by atoms with van der Waals surface area (Å²) in [6.45, 7) is 5.79. The maximum absolute atomic E-state index is 14.7. The molecule has 430 valence electrons. The number of carbonyl (C=O) groups is 3. The molecule has 1 unspecified atom stereocenters. The van der Waals surface area contributed by atoms with Crippen molar-refractivity contribution in [3.63, 3.8) is 0 Å². The second-order valence-corrected chi connectivity index (χ2v) is 24.9. The number of esters is 1. The Morgan fingerprint density at radius 3 is 2.00 bits per heavy atom. The molecular formula is C58H60N6O14S4. The number of aryl methyl sites for hydroxylation is 1. The fourth-order valence-electron chi connectivity index (χ4n) is 8.42. The molecule has 0 saturated carbocycles. The topological polar surface area (TPSA) is 243 Å². The van der Waals surface area contributed by atoms with Crippen molar-refractivity contribution in [3.8, 4) is 23.0 Å². The Hall–Kier alpha value is -7.87. The molecule has 0 spiro atoms. The van der Waals surface area contributed by atoms with E-state index in [0.717, 1.165) is 34.5 Å². The Bertz CT molecular complexity index is 3680. The first-order valence-corrected chi connectivity index (χ1v) is 30.3. The fourth-order valence-corrected chi connectivity index (χ4v) is 13.0. The summed E-state index contributed by atoms with van der Waals surface area (Å²) in [5.74, 6) is 0.514. The number of benzene rings is 6. The molecule has 0 fully saturated rings. The van der Waals surface area contributed by atoms with Gasteiger partial charge in [-0.2, -0.15) is 24.9 Å². The zero-order chi connectivity index (χ0) is 58.7. The van der Waals surface area contributed by atoms with Gasteiger partial charge in [-0.05, 0) is 117 Å². The molecule has 0 aliphatic heterocycles. The Labute approximate surface area is 483 Å². The lowest BCUT2D eigenvalue weighted by atomic mass is 9.78. The number of rotatable bonds is 25. The SMILES string of the molecule is COC(=O)C(CSCc1cccc(OCCOS(=O)(=O)c2ccc(C)cc2)c1)N(C(=O)Cn1cc(COc2ccc3nc(S(=O)(=O)NC(c4ccccc4)(c4ccc(OC)cc4)c4ccc(OC)cc4)sc3c2)nn1)C(=O)OC(C)(C)C. The number of carbonyl (C=O) groups excluding carboxylic acids is 3. The third-order valence-corrected chi connectivity index (χ3v) is 17.6. The number of thiazole rings is 1. The largest absolute Gasteiger partial charge is 0.497 e. The molecule has 82 heavy (non-hydrogen) atoms. The van der Waals surface area contributed by atoms with Crippen LogP contribution in [0.3, 0.4) is 0 Å². The van der Waals surface area contributed by atoms with Gasteiger partial charge < -0.3 is 28.4 Å². The van der Waals surface area contributed by atoms with E-state index >= 15 is 0 Å². The number of aromatic nitrogens is 4. The van der Waals surface area contributed by atoms with Crippen molar-refractivity contribution in [1.29, 1.82) is 0 Å². The van der Waals surface area contributed by atoms with E-state index in [-0.39, 0.29) is 34.8 Å². The van der Waals surface area contributed by atoms with E-state index in [9.17, 15) is 31.2 Å². The molecule has 8 rings (SSSR count). The van der Waals surface area contributed by atoms with Crippen LogP contribution in [0.1, 0.15) is 54.3 Å². The van der Waals surface area contributed by atoms with Gasteiger partial charge in [0, 0.05) is 11.5 Å². The lowest BCUT2D eigenvalue weighted by Crippen LogP contribution is -2.53. The highest BCUT2D eigenvalue weighted by Gasteiger charge is 2.42. The molecule has 2 aromatic heterocycles. The number of nitrogens with zero attached hydrogens (tertiary/aromatic N) is 5. The van der Waals surface area contributed by atoms with E-state index in [0.29, 0.717) is 61.4 Å². The van der Waals surface area contributed by atoms with Gasteiger partial charge in [-0.1, -0.05) is 89.6 Å². The first kappa shape index (κ1) is 60.2. The standard InChI is InChI=1S/C58H60N6O14S4/c1-39-16-27-49(28-17-39)82(70,71)77-31-30-75-47-15-11-12-40(32-47)37-79-38-51(54(66)74-7)64(56(67)78-57(2,3)4)53(65)35-63-34-44(60-62-63)36-76-48-26-29-50-52(33-48)80-55(59-50)81(68,69)61-58(41-13-9-8-10-14-41,42-18-22-45(72-5)23-19-42)43-20-24-46(73-6)25-21-43/h8-29,32-34,51,61H,30-31,35-38H2,1-7H3. The molecule has 0 bridgehead atoms. The van der Waals surface area contributed by atoms with Gasteiger partial charge in [0.25, 0.3) is 26.0 Å². The van der Waals surface area contributed by atoms with Gasteiger partial charge >= 0.3 is 12.1 Å². The quantitative estimate of drug-likeness (QED) is 0.0243. The summed E-state index contributed by atoms with van der Waals surface area (Å²) < 4.78 is 97.8. The van der Waals surface area contributed by atoms with Gasteiger partial charge in [0.1, 0.15) is 72.2 Å². The van der Waals surface area contributed by atoms with Crippen molar-refractivity contribution in [2.75, 3.05) is 40.3 Å². The molecule has 0 saturated heterocycles. The molecule has 1 atom stereocenters. The normalized spacial score (nSPS) is 12.3. The zero-order valence-electron chi connectivity index (χ0n) is 45.8. The molecular weight excluding hydrogens is 1130 g/mol. The summed E-state index contributed by atoms with van der Waals surface area (Å²) in [6, 6.07) is 40.4. The number of imide groups is 1. The van der Waals surface area contributed by atoms with Gasteiger partial charge in [0.2, 0.25) is 4.34 Å². The van der Waals surface area contributed by atoms with E-state index in [1.54, 1.807) is 108 Å². The number of nitrogens with one attached hydrogen (secondary N) is 1. The van der Waals surface area contributed by atoms with Crippen molar-refractivity contribution < 1.29 is 63.8 Å². The molecule has 0 aliphatic rings. The second kappa shape index (κ2) is 26.4. The summed E-state index contributed by atoms with van der Waals surface area (Å²) in [6.07, 6.45) is 0.373. The molecule has 8 aromatic rings. The molecule has 6 aromatic carbocycles. The highest BCUT2D eigenvalue weighted by Crippen LogP contribution is 2.41. The van der Waals surface area contributed by atoms with Gasteiger partial charge in [-0.25, -0.2) is 32.6 Å². The minimum Gasteiger partial charge on any atom is -0.497 e. The van der Waals surface area contributed by atoms with Crippen LogP contribution in [-0.4, -0.2) is 112 Å². The molecule has 2 heterocycles. The van der Waals surface area contributed by atoms with Gasteiger partial charge in [-0.3, -0.25) is 8.98 Å². The summed E-state index contributed by atoms with van der Waals surface area (Å²) in [5, 5.41) is 8.25. The molecule has 0 radical (unpaired) electrons. The predicted molar refractivity (Wildman–Crippen MR) is 308 cm³/mol. The maximum atomic E-state index is 14.7. The highest BCUT2D eigenvalue weighted by atomic mass is 32.2. The van der Waals surface area contributed by atoms with Crippen LogP contribution in [0.5, 0.6) is 23.0 Å². The third-order valence-electron chi connectivity index (χ3n) is 12.4. The summed E-state index contributed by atoms with van der Waals surface area (Å²) in [5.41, 5.74) is 1.79. The molecule has 2 amide bonds. The van der Waals surface area contributed by atoms with Crippen LogP contribution >= 0.6 is 23.1 Å². The first-order chi connectivity index (χ1) is 39.2. The van der Waals surface area contributed by atoms with Crippen molar-refractivity contribution in [3.05, 3.63) is 185 Å². The van der Waals surface area contributed by atoms with E-state index in [1.807, 2.05) is 67.6 Å². The smallest absolute Gasteiger partial charge is 0.417 e. The maximum Gasteiger partial charge on any atom is 0.417 e. The molecule has 0 aliphatic carbocycles. The van der Waals surface area contributed by atoms with Crippen LogP contribution in [0.25, 0.3) is 10.2 Å². The highest BCUT2D eigenvalue weighted by molar-refractivity contribution is 7.98. The van der Waals surface area contributed by atoms with Crippen molar-refractivity contribution in [1.82, 2.24) is 29.6 Å². The number of ether oxygens (including phenoxy) is 6. The van der Waals surface area contributed by atoms with Crippen LogP contribution in [0.4, 0.5) is 4.79 Å². The van der Waals surface area contributed by atoms with Crippen molar-refractivity contribution >= 4 is 71.4 Å². The minimum atomic E-state index is -4.37. The number of thioether (sulfide) groups is 1. The third kappa shape index (κ3) is 15.0. The second-order valence-electron chi connectivity index (χ2n) is 19.4. The first-order valence-electron chi connectivity index (χ1n) is 25.4. The number of hydrogen-bond acceptors (Lipinski definition) is 19. The Kier molecular flexibility index (Phi) is 19.4. The van der Waals surface area contributed by atoms with Crippen LogP contribution in [0, 0.1) is 6.92 Å². The van der Waals surface area contributed by atoms with Gasteiger partial charge in [-0.15, -0.1) is 16.4 Å². The Morgan fingerprint density at radius 1 is 0.732 bits per heavy atom. The van der Waals surface area contributed by atoms with Crippen LogP contribution in [-0.2, 0) is 67.8 Å². The monoisotopic (exact) mass is 1190 g/mol. The summed E-state index contributed by atoms with van der Waals surface area (Å²) in [7, 11) is -4.08. The van der Waals surface area contributed by atoms with Crippen LogP contribution in [0.2, 0.25) is 0 Å². The van der Waals surface area contributed by atoms with Crippen molar-refractivity contribution in [2.45, 2.75) is 73.0 Å². The Balaban J connectivity index is 0.928. The van der Waals surface area contributed by atoms with Crippen molar-refractivity contribution in [2.24, 2.45) is 0 Å². The number of methoxy groups -OCH3 is 3. The molecule has 20 nitrogen and oxygen atoms in total. The van der Waals surface area contributed by atoms with E-state index < -0.39 is 61.8 Å². The van der Waals surface area contributed by atoms with E-state index in [4.69, 9.17) is 32.6 Å². The van der Waals surface area contributed by atoms with Crippen LogP contribution < -0.4 is 23.7 Å².